The third kappa shape index (κ3) is 6.06. The van der Waals surface area contributed by atoms with Crippen LogP contribution in [0.25, 0.3) is 27.6 Å². The van der Waals surface area contributed by atoms with Crippen molar-refractivity contribution in [3.8, 4) is 0 Å². The molecule has 1 fully saturated rings. The molecule has 1 saturated heterocycles. The minimum Gasteiger partial charge on any atom is -0.401 e. The summed E-state index contributed by atoms with van der Waals surface area (Å²) in [7, 11) is 1.68. The van der Waals surface area contributed by atoms with Crippen molar-refractivity contribution >= 4 is 27.6 Å². The fourth-order valence-corrected chi connectivity index (χ4v) is 5.20. The minimum absolute atomic E-state index is 0.232. The first-order valence-corrected chi connectivity index (χ1v) is 13.1. The molecule has 5 N–H and O–H groups in total. The number of rotatable bonds is 5. The maximum atomic E-state index is 15.9. The van der Waals surface area contributed by atoms with E-state index in [2.05, 4.69) is 4.98 Å². The zero-order valence-electron chi connectivity index (χ0n) is 22.9. The number of allylic oxidation sites excluding steroid dienone is 1. The number of hydrazine groups is 1. The van der Waals surface area contributed by atoms with Gasteiger partial charge in [-0.15, -0.1) is 0 Å². The summed E-state index contributed by atoms with van der Waals surface area (Å²) in [6, 6.07) is 15.1. The molecule has 208 valence electrons. The van der Waals surface area contributed by atoms with Gasteiger partial charge in [-0.05, 0) is 51.7 Å². The fourth-order valence-electron chi connectivity index (χ4n) is 5.20. The van der Waals surface area contributed by atoms with Gasteiger partial charge < -0.3 is 25.2 Å². The Morgan fingerprint density at radius 2 is 1.72 bits per heavy atom. The molecule has 5 rings (SSSR count). The van der Waals surface area contributed by atoms with Gasteiger partial charge in [-0.25, -0.2) is 14.6 Å². The second-order valence-electron chi connectivity index (χ2n) is 10.6. The van der Waals surface area contributed by atoms with Crippen molar-refractivity contribution in [3.63, 3.8) is 0 Å². The highest BCUT2D eigenvalue weighted by atomic mass is 19.1. The lowest BCUT2D eigenvalue weighted by atomic mass is 9.95. The largest absolute Gasteiger partial charge is 0.401 e. The molecular weight excluding hydrogens is 500 g/mol. The zero-order valence-corrected chi connectivity index (χ0v) is 22.9. The molecule has 39 heavy (non-hydrogen) atoms. The molecule has 2 aromatic heterocycles. The summed E-state index contributed by atoms with van der Waals surface area (Å²) in [5, 5.41) is 12.3. The maximum Gasteiger partial charge on any atom is 0.156 e. The number of aliphatic hydroxyl groups is 1. The average Bonchev–Trinajstić information content (AvgIpc) is 3.17. The van der Waals surface area contributed by atoms with Crippen LogP contribution in [-0.2, 0) is 16.9 Å². The summed E-state index contributed by atoms with van der Waals surface area (Å²) in [5.41, 5.74) is 7.16. The van der Waals surface area contributed by atoms with Gasteiger partial charge in [0.2, 0.25) is 0 Å². The van der Waals surface area contributed by atoms with Crippen molar-refractivity contribution in [2.75, 3.05) is 20.3 Å². The van der Waals surface area contributed by atoms with Crippen molar-refractivity contribution in [2.24, 2.45) is 17.5 Å². The Morgan fingerprint density at radius 1 is 1.13 bits per heavy atom. The highest BCUT2D eigenvalue weighted by Gasteiger charge is 2.30. The number of hydrogen-bond acceptors (Lipinski definition) is 6. The van der Waals surface area contributed by atoms with E-state index >= 15 is 4.39 Å². The number of ether oxygens (including phenoxy) is 1. The van der Waals surface area contributed by atoms with Gasteiger partial charge in [0.25, 0.3) is 0 Å². The Balaban J connectivity index is 0.000000519. The highest BCUT2D eigenvalue weighted by Crippen LogP contribution is 2.38. The van der Waals surface area contributed by atoms with Crippen molar-refractivity contribution in [3.05, 3.63) is 83.2 Å². The number of nitrogens with zero attached hydrogens (tertiary/aromatic N) is 3. The monoisotopic (exact) mass is 537 g/mol. The number of fused-ring (bicyclic) bond motifs is 3. The van der Waals surface area contributed by atoms with Gasteiger partial charge in [-0.3, -0.25) is 4.98 Å². The molecular formula is C30H37F2N5O2. The van der Waals surface area contributed by atoms with E-state index < -0.39 is 17.2 Å². The van der Waals surface area contributed by atoms with Crippen LogP contribution in [0.3, 0.4) is 0 Å². The maximum absolute atomic E-state index is 15.9. The number of hydrogen-bond donors (Lipinski definition) is 3. The van der Waals surface area contributed by atoms with Gasteiger partial charge in [0.05, 0.1) is 33.4 Å². The standard InChI is InChI=1S/C24H31F2N5O2.C6H6/c1-13(27)22(30(4)28)15-9-18-21(29-11-15)16-10-17(25)19(24(2,3)32)20(26)23(16)31(18)12-14-5-7-33-8-6-14;1-2-4-6-5-3-1/h9-11,14,32H,5-8,12,27-28H2,1-4H3;1-6H/b22-13-;. The Labute approximate surface area is 227 Å². The summed E-state index contributed by atoms with van der Waals surface area (Å²) in [6.45, 7) is 6.30. The molecule has 0 bridgehead atoms. The van der Waals surface area contributed by atoms with Gasteiger partial charge in [0.15, 0.2) is 5.82 Å². The average molecular weight is 538 g/mol. The van der Waals surface area contributed by atoms with Crippen LogP contribution in [0.15, 0.2) is 60.4 Å². The second kappa shape index (κ2) is 11.7. The van der Waals surface area contributed by atoms with Crippen LogP contribution in [0.4, 0.5) is 8.78 Å². The Morgan fingerprint density at radius 3 is 2.23 bits per heavy atom. The number of nitrogens with two attached hydrogens (primary N) is 2. The van der Waals surface area contributed by atoms with Crippen LogP contribution in [0, 0.1) is 17.6 Å². The lowest BCUT2D eigenvalue weighted by Gasteiger charge is -2.24. The molecule has 0 spiro atoms. The lowest BCUT2D eigenvalue weighted by molar-refractivity contribution is 0.0618. The number of aromatic nitrogens is 2. The summed E-state index contributed by atoms with van der Waals surface area (Å²) >= 11 is 0. The zero-order chi connectivity index (χ0) is 28.3. The molecule has 3 heterocycles. The predicted octanol–water partition coefficient (Wildman–Crippen LogP) is 5.26. The number of benzene rings is 2. The third-order valence-corrected chi connectivity index (χ3v) is 6.94. The Kier molecular flexibility index (Phi) is 8.54. The van der Waals surface area contributed by atoms with Gasteiger partial charge in [0, 0.05) is 49.6 Å². The van der Waals surface area contributed by atoms with Gasteiger partial charge in [-0.2, -0.15) is 0 Å². The van der Waals surface area contributed by atoms with Crippen molar-refractivity contribution < 1.29 is 18.6 Å². The Hall–Kier alpha value is -3.53. The van der Waals surface area contributed by atoms with E-state index in [0.717, 1.165) is 12.8 Å². The molecule has 0 amide bonds. The molecule has 1 aliphatic rings. The van der Waals surface area contributed by atoms with Gasteiger partial charge >= 0.3 is 0 Å². The van der Waals surface area contributed by atoms with E-state index in [1.807, 2.05) is 47.0 Å². The van der Waals surface area contributed by atoms with Crippen molar-refractivity contribution in [2.45, 2.75) is 45.8 Å². The van der Waals surface area contributed by atoms with Gasteiger partial charge in [0.1, 0.15) is 5.82 Å². The topological polar surface area (TPSA) is 103 Å². The molecule has 4 aromatic rings. The van der Waals surface area contributed by atoms with Crippen LogP contribution in [0.1, 0.15) is 44.7 Å². The molecule has 0 aliphatic carbocycles. The molecule has 2 aromatic carbocycles. The molecule has 0 saturated carbocycles. The highest BCUT2D eigenvalue weighted by molar-refractivity contribution is 6.06. The molecule has 0 radical (unpaired) electrons. The van der Waals surface area contributed by atoms with Gasteiger partial charge in [-0.1, -0.05) is 36.4 Å². The molecule has 0 atom stereocenters. The van der Waals surface area contributed by atoms with E-state index in [1.54, 1.807) is 20.2 Å². The first-order valence-electron chi connectivity index (χ1n) is 13.1. The van der Waals surface area contributed by atoms with Crippen molar-refractivity contribution in [1.82, 2.24) is 14.6 Å². The quantitative estimate of drug-likeness (QED) is 0.237. The first-order chi connectivity index (χ1) is 18.5. The lowest BCUT2D eigenvalue weighted by Crippen LogP contribution is -2.26. The fraction of sp³-hybridized carbons (Fsp3) is 0.367. The smallest absolute Gasteiger partial charge is 0.156 e. The summed E-state index contributed by atoms with van der Waals surface area (Å²) in [4.78, 5) is 4.57. The van der Waals surface area contributed by atoms with Crippen LogP contribution in [0.2, 0.25) is 0 Å². The Bertz CT molecular complexity index is 1440. The van der Waals surface area contributed by atoms with Crippen LogP contribution in [0.5, 0.6) is 0 Å². The number of pyridine rings is 1. The predicted molar refractivity (Wildman–Crippen MR) is 151 cm³/mol. The first kappa shape index (κ1) is 28.5. The van der Waals surface area contributed by atoms with E-state index in [0.29, 0.717) is 53.1 Å². The minimum atomic E-state index is -1.68. The van der Waals surface area contributed by atoms with E-state index in [9.17, 15) is 9.50 Å². The van der Waals surface area contributed by atoms with Crippen LogP contribution in [-0.4, -0.2) is 39.9 Å². The summed E-state index contributed by atoms with van der Waals surface area (Å²) in [5.74, 6) is 4.69. The SMILES string of the molecule is C/C(N)=C(\c1cnc2c3cc(F)c(C(C)(C)O)c(F)c3n(CC3CCOCC3)c2c1)N(C)N.c1ccccc1. The molecule has 0 unspecified atom stereocenters. The number of halogens is 2. The second-order valence-corrected chi connectivity index (χ2v) is 10.6. The van der Waals surface area contributed by atoms with Crippen LogP contribution >= 0.6 is 0 Å². The third-order valence-electron chi connectivity index (χ3n) is 6.94. The van der Waals surface area contributed by atoms with E-state index in [4.69, 9.17) is 16.3 Å². The van der Waals surface area contributed by atoms with E-state index in [-0.39, 0.29) is 17.0 Å². The molecule has 1 aliphatic heterocycles. The van der Waals surface area contributed by atoms with E-state index in [1.165, 1.54) is 24.9 Å². The molecule has 9 heteroatoms. The molecule has 7 nitrogen and oxygen atoms in total. The van der Waals surface area contributed by atoms with Crippen molar-refractivity contribution in [1.29, 1.82) is 0 Å². The summed E-state index contributed by atoms with van der Waals surface area (Å²) < 4.78 is 38.2. The van der Waals surface area contributed by atoms with Crippen LogP contribution < -0.4 is 11.6 Å². The summed E-state index contributed by atoms with van der Waals surface area (Å²) in [6.07, 6.45) is 3.29. The normalized spacial score (nSPS) is 15.2.